The molecule has 0 aliphatic carbocycles. The minimum atomic E-state index is -0.511. The highest BCUT2D eigenvalue weighted by Gasteiger charge is 2.20. The van der Waals surface area contributed by atoms with Gasteiger partial charge in [0.1, 0.15) is 5.60 Å². The lowest BCUT2D eigenvalue weighted by molar-refractivity contribution is -0.155. The van der Waals surface area contributed by atoms with E-state index in [9.17, 15) is 14.4 Å². The molecule has 7 heteroatoms. The van der Waals surface area contributed by atoms with E-state index in [0.717, 1.165) is 5.56 Å². The van der Waals surface area contributed by atoms with Crippen molar-refractivity contribution in [1.82, 2.24) is 10.2 Å². The molecule has 27 heavy (non-hydrogen) atoms. The third-order valence-corrected chi connectivity index (χ3v) is 4.00. The number of nitrogens with zero attached hydrogens (tertiary/aromatic N) is 1. The van der Waals surface area contributed by atoms with Gasteiger partial charge in [0.15, 0.2) is 0 Å². The smallest absolute Gasteiger partial charge is 0.306 e. The number of hydrogen-bond acceptors (Lipinski definition) is 4. The van der Waals surface area contributed by atoms with Crippen molar-refractivity contribution in [2.45, 2.75) is 58.6 Å². The van der Waals surface area contributed by atoms with E-state index in [1.165, 1.54) is 6.92 Å². The minimum Gasteiger partial charge on any atom is -0.460 e. The number of halogens is 1. The Morgan fingerprint density at radius 2 is 1.78 bits per heavy atom. The Balaban J connectivity index is 2.58. The molecule has 0 fully saturated rings. The second-order valence-corrected chi connectivity index (χ2v) is 7.95. The number of ether oxygens (including phenoxy) is 1. The molecule has 0 heterocycles. The Morgan fingerprint density at radius 1 is 1.19 bits per heavy atom. The van der Waals surface area contributed by atoms with Crippen molar-refractivity contribution in [1.29, 1.82) is 0 Å². The average molecular weight is 397 g/mol. The molecule has 0 saturated heterocycles. The van der Waals surface area contributed by atoms with Gasteiger partial charge in [0.25, 0.3) is 0 Å². The molecule has 0 aromatic heterocycles. The molecule has 0 aliphatic rings. The van der Waals surface area contributed by atoms with E-state index in [2.05, 4.69) is 5.32 Å². The van der Waals surface area contributed by atoms with Crippen LogP contribution >= 0.6 is 11.6 Å². The third kappa shape index (κ3) is 9.43. The fourth-order valence-corrected chi connectivity index (χ4v) is 2.63. The Hall–Kier alpha value is -2.08. The number of amides is 2. The highest BCUT2D eigenvalue weighted by atomic mass is 35.5. The highest BCUT2D eigenvalue weighted by molar-refractivity contribution is 6.30. The van der Waals surface area contributed by atoms with E-state index in [1.807, 2.05) is 20.8 Å². The predicted molar refractivity (Wildman–Crippen MR) is 105 cm³/mol. The molecule has 1 aromatic carbocycles. The Kier molecular flexibility index (Phi) is 8.76. The molecule has 6 nitrogen and oxygen atoms in total. The van der Waals surface area contributed by atoms with Gasteiger partial charge in [-0.3, -0.25) is 14.4 Å². The summed E-state index contributed by atoms with van der Waals surface area (Å²) in [5.41, 5.74) is 0.299. The summed E-state index contributed by atoms with van der Waals surface area (Å²) < 4.78 is 5.26. The van der Waals surface area contributed by atoms with Gasteiger partial charge < -0.3 is 15.0 Å². The monoisotopic (exact) mass is 396 g/mol. The average Bonchev–Trinajstić information content (AvgIpc) is 2.52. The van der Waals surface area contributed by atoms with Crippen LogP contribution in [0.5, 0.6) is 0 Å². The van der Waals surface area contributed by atoms with Gasteiger partial charge in [-0.15, -0.1) is 0 Å². The minimum absolute atomic E-state index is 0.118. The standard InChI is InChI=1S/C20H29ClN2O4/c1-14(24)22-17(15-8-10-16(21)11-9-15)13-18(25)23(5)12-6-7-19(26)27-20(2,3)4/h8-11,17H,6-7,12-13H2,1-5H3,(H,22,24). The second-order valence-electron chi connectivity index (χ2n) is 7.51. The zero-order valence-corrected chi connectivity index (χ0v) is 17.4. The van der Waals surface area contributed by atoms with Gasteiger partial charge in [-0.2, -0.15) is 0 Å². The number of nitrogens with one attached hydrogen (secondary N) is 1. The first-order valence-electron chi connectivity index (χ1n) is 8.96. The summed E-state index contributed by atoms with van der Waals surface area (Å²) in [5, 5.41) is 3.39. The number of benzene rings is 1. The van der Waals surface area contributed by atoms with Crippen molar-refractivity contribution in [3.8, 4) is 0 Å². The number of rotatable bonds is 8. The van der Waals surface area contributed by atoms with Crippen LogP contribution in [0.1, 0.15) is 58.6 Å². The highest BCUT2D eigenvalue weighted by Crippen LogP contribution is 2.20. The van der Waals surface area contributed by atoms with Crippen LogP contribution in [0.25, 0.3) is 0 Å². The largest absolute Gasteiger partial charge is 0.460 e. The normalized spacial score (nSPS) is 12.2. The molecule has 2 amide bonds. The lowest BCUT2D eigenvalue weighted by atomic mass is 10.0. The lowest BCUT2D eigenvalue weighted by Crippen LogP contribution is -2.34. The fraction of sp³-hybridized carbons (Fsp3) is 0.550. The van der Waals surface area contributed by atoms with Crippen LogP contribution in [0.3, 0.4) is 0 Å². The summed E-state index contributed by atoms with van der Waals surface area (Å²) in [4.78, 5) is 37.3. The maximum absolute atomic E-state index is 12.5. The third-order valence-electron chi connectivity index (χ3n) is 3.75. The van der Waals surface area contributed by atoms with Gasteiger partial charge in [0, 0.05) is 32.0 Å². The van der Waals surface area contributed by atoms with Crippen molar-refractivity contribution in [3.05, 3.63) is 34.9 Å². The van der Waals surface area contributed by atoms with E-state index in [1.54, 1.807) is 36.2 Å². The molecule has 1 N–H and O–H groups in total. The molecule has 0 aliphatic heterocycles. The molecule has 0 bridgehead atoms. The Morgan fingerprint density at radius 3 is 2.30 bits per heavy atom. The van der Waals surface area contributed by atoms with Gasteiger partial charge in [-0.05, 0) is 44.9 Å². The van der Waals surface area contributed by atoms with Crippen LogP contribution in [-0.4, -0.2) is 41.9 Å². The maximum Gasteiger partial charge on any atom is 0.306 e. The summed E-state index contributed by atoms with van der Waals surface area (Å²) in [6.45, 7) is 7.31. The van der Waals surface area contributed by atoms with E-state index in [4.69, 9.17) is 16.3 Å². The van der Waals surface area contributed by atoms with E-state index >= 15 is 0 Å². The van der Waals surface area contributed by atoms with Gasteiger partial charge in [0.2, 0.25) is 11.8 Å². The number of carbonyl (C=O) groups excluding carboxylic acids is 3. The Bertz CT molecular complexity index is 653. The zero-order chi connectivity index (χ0) is 20.6. The van der Waals surface area contributed by atoms with E-state index < -0.39 is 11.6 Å². The molecular formula is C20H29ClN2O4. The van der Waals surface area contributed by atoms with E-state index in [-0.39, 0.29) is 30.6 Å². The van der Waals surface area contributed by atoms with Crippen LogP contribution in [0.4, 0.5) is 0 Å². The molecule has 1 unspecified atom stereocenters. The van der Waals surface area contributed by atoms with Crippen molar-refractivity contribution in [2.75, 3.05) is 13.6 Å². The van der Waals surface area contributed by atoms with E-state index in [0.29, 0.717) is 18.0 Å². The fourth-order valence-electron chi connectivity index (χ4n) is 2.50. The molecule has 1 rings (SSSR count). The summed E-state index contributed by atoms with van der Waals surface area (Å²) in [7, 11) is 1.68. The van der Waals surface area contributed by atoms with Gasteiger partial charge in [0.05, 0.1) is 12.5 Å². The van der Waals surface area contributed by atoms with Crippen LogP contribution in [0.15, 0.2) is 24.3 Å². The SMILES string of the molecule is CC(=O)NC(CC(=O)N(C)CCCC(=O)OC(C)(C)C)c1ccc(Cl)cc1. The van der Waals surface area contributed by atoms with Crippen LogP contribution in [0.2, 0.25) is 5.02 Å². The molecule has 0 spiro atoms. The molecule has 0 saturated carbocycles. The Labute approximate surface area is 166 Å². The molecule has 0 radical (unpaired) electrons. The first kappa shape index (κ1) is 23.0. The van der Waals surface area contributed by atoms with Crippen molar-refractivity contribution in [2.24, 2.45) is 0 Å². The summed E-state index contributed by atoms with van der Waals surface area (Å²) in [6, 6.07) is 6.60. The molecular weight excluding hydrogens is 368 g/mol. The second kappa shape index (κ2) is 10.3. The quantitative estimate of drug-likeness (QED) is 0.682. The van der Waals surface area contributed by atoms with Gasteiger partial charge in [-0.25, -0.2) is 0 Å². The van der Waals surface area contributed by atoms with Gasteiger partial charge >= 0.3 is 5.97 Å². The first-order valence-corrected chi connectivity index (χ1v) is 9.34. The summed E-state index contributed by atoms with van der Waals surface area (Å²) in [6.07, 6.45) is 0.897. The van der Waals surface area contributed by atoms with Crippen LogP contribution < -0.4 is 5.32 Å². The van der Waals surface area contributed by atoms with Crippen molar-refractivity contribution < 1.29 is 19.1 Å². The first-order chi connectivity index (χ1) is 12.5. The van der Waals surface area contributed by atoms with Crippen molar-refractivity contribution in [3.63, 3.8) is 0 Å². The molecule has 1 atom stereocenters. The number of esters is 1. The molecule has 150 valence electrons. The van der Waals surface area contributed by atoms with Crippen LogP contribution in [0, 0.1) is 0 Å². The maximum atomic E-state index is 12.5. The summed E-state index contributed by atoms with van der Waals surface area (Å²) in [5.74, 6) is -0.608. The summed E-state index contributed by atoms with van der Waals surface area (Å²) >= 11 is 5.90. The topological polar surface area (TPSA) is 75.7 Å². The zero-order valence-electron chi connectivity index (χ0n) is 16.7. The lowest BCUT2D eigenvalue weighted by Gasteiger charge is -2.23. The van der Waals surface area contributed by atoms with Crippen molar-refractivity contribution >= 4 is 29.4 Å². The number of hydrogen-bond donors (Lipinski definition) is 1. The van der Waals surface area contributed by atoms with Gasteiger partial charge in [-0.1, -0.05) is 23.7 Å². The molecule has 1 aromatic rings. The number of carbonyl (C=O) groups is 3. The van der Waals surface area contributed by atoms with Crippen LogP contribution in [-0.2, 0) is 19.1 Å². The predicted octanol–water partition coefficient (Wildman–Crippen LogP) is 3.49.